The van der Waals surface area contributed by atoms with Gasteiger partial charge in [-0.05, 0) is 103 Å². The second kappa shape index (κ2) is 52.0. The van der Waals surface area contributed by atoms with Crippen LogP contribution in [0.15, 0.2) is 48.6 Å². The highest BCUT2D eigenvalue weighted by molar-refractivity contribution is 5.71. The van der Waals surface area contributed by atoms with Crippen LogP contribution in [0.25, 0.3) is 0 Å². The maximum atomic E-state index is 12.8. The van der Waals surface area contributed by atoms with E-state index in [9.17, 15) is 14.4 Å². The van der Waals surface area contributed by atoms with Gasteiger partial charge in [0.2, 0.25) is 0 Å². The van der Waals surface area contributed by atoms with Crippen molar-refractivity contribution in [3.05, 3.63) is 48.6 Å². The maximum Gasteiger partial charge on any atom is 0.306 e. The fourth-order valence-corrected chi connectivity index (χ4v) is 7.64. The van der Waals surface area contributed by atoms with Gasteiger partial charge in [0.25, 0.3) is 0 Å². The maximum absolute atomic E-state index is 12.8. The molecule has 0 amide bonds. The summed E-state index contributed by atoms with van der Waals surface area (Å²) in [7, 11) is 0. The Bertz CT molecular complexity index is 1110. The Kier molecular flexibility index (Phi) is 49.8. The first kappa shape index (κ1) is 60.4. The van der Waals surface area contributed by atoms with Crippen molar-refractivity contribution in [1.82, 2.24) is 0 Å². The quantitative estimate of drug-likeness (QED) is 0.0262. The fraction of sp³-hybridized carbons (Fsp3) is 0.807. The van der Waals surface area contributed by atoms with E-state index in [1.165, 1.54) is 161 Å². The minimum Gasteiger partial charge on any atom is -0.462 e. The third-order valence-corrected chi connectivity index (χ3v) is 11.8. The van der Waals surface area contributed by atoms with Gasteiger partial charge >= 0.3 is 17.9 Å². The Morgan fingerprint density at radius 2 is 0.571 bits per heavy atom. The van der Waals surface area contributed by atoms with Crippen LogP contribution in [0.5, 0.6) is 0 Å². The molecule has 0 spiro atoms. The van der Waals surface area contributed by atoms with Gasteiger partial charge in [0.05, 0.1) is 0 Å². The average Bonchev–Trinajstić information content (AvgIpc) is 3.28. The van der Waals surface area contributed by atoms with Crippen molar-refractivity contribution < 1.29 is 28.6 Å². The minimum atomic E-state index is -0.780. The molecule has 1 atom stereocenters. The predicted molar refractivity (Wildman–Crippen MR) is 270 cm³/mol. The molecule has 0 aromatic heterocycles. The second-order valence-corrected chi connectivity index (χ2v) is 18.1. The minimum absolute atomic E-state index is 0.0806. The highest BCUT2D eigenvalue weighted by Gasteiger charge is 2.19. The molecular formula is C57H102O6. The summed E-state index contributed by atoms with van der Waals surface area (Å²) in [5.74, 6) is -0.892. The summed E-state index contributed by atoms with van der Waals surface area (Å²) in [5.41, 5.74) is 0. The standard InChI is InChI=1S/C57H102O6/c1-4-7-10-13-16-19-22-25-27-28-30-32-35-38-41-44-47-50-56(59)62-53-54(52-61-55(58)49-46-43-40-37-34-31-24-21-18-15-12-9-6-3)63-57(60)51-48-45-42-39-36-33-29-26-23-20-17-14-11-8-5-2/h16,19-21,23-25,27,54H,4-15,17-18,22,26,28-53H2,1-3H3/b19-16-,23-20-,24-21-,27-25-/t54-/m0/s1. The number of hydrogen-bond acceptors (Lipinski definition) is 6. The summed E-state index contributed by atoms with van der Waals surface area (Å²) in [5, 5.41) is 0. The lowest BCUT2D eigenvalue weighted by Crippen LogP contribution is -2.30. The summed E-state index contributed by atoms with van der Waals surface area (Å²) in [6.45, 7) is 6.59. The number of carbonyl (C=O) groups excluding carboxylic acids is 3. The van der Waals surface area contributed by atoms with E-state index in [4.69, 9.17) is 14.2 Å². The van der Waals surface area contributed by atoms with E-state index in [0.717, 1.165) is 77.0 Å². The first-order valence-corrected chi connectivity index (χ1v) is 27.1. The number of rotatable bonds is 49. The Balaban J connectivity index is 4.38. The van der Waals surface area contributed by atoms with Crippen LogP contribution < -0.4 is 0 Å². The van der Waals surface area contributed by atoms with Crippen molar-refractivity contribution in [3.63, 3.8) is 0 Å². The molecule has 0 heterocycles. The fourth-order valence-electron chi connectivity index (χ4n) is 7.64. The van der Waals surface area contributed by atoms with Crippen LogP contribution in [0.1, 0.15) is 278 Å². The van der Waals surface area contributed by atoms with Gasteiger partial charge in [-0.25, -0.2) is 0 Å². The summed E-state index contributed by atoms with van der Waals surface area (Å²) >= 11 is 0. The van der Waals surface area contributed by atoms with E-state index < -0.39 is 6.10 Å². The SMILES string of the molecule is CCCCC/C=C\C/C=C\CCCCCCCCCC(=O)OC[C@H](COC(=O)CCCCCCC/C=C\CCCCCC)OC(=O)CCCCCCCCC/C=C\CCCCCC. The summed E-state index contributed by atoms with van der Waals surface area (Å²) in [6, 6.07) is 0. The zero-order valence-electron chi connectivity index (χ0n) is 41.8. The van der Waals surface area contributed by atoms with Crippen LogP contribution in [-0.2, 0) is 28.6 Å². The first-order valence-electron chi connectivity index (χ1n) is 27.1. The molecule has 0 aliphatic carbocycles. The lowest BCUT2D eigenvalue weighted by molar-refractivity contribution is -0.167. The Morgan fingerprint density at radius 1 is 0.317 bits per heavy atom. The topological polar surface area (TPSA) is 78.9 Å². The molecule has 6 nitrogen and oxygen atoms in total. The molecule has 0 saturated heterocycles. The number of carbonyl (C=O) groups is 3. The number of allylic oxidation sites excluding steroid dienone is 8. The lowest BCUT2D eigenvalue weighted by atomic mass is 10.1. The molecule has 0 unspecified atom stereocenters. The molecule has 63 heavy (non-hydrogen) atoms. The van der Waals surface area contributed by atoms with Crippen LogP contribution in [0, 0.1) is 0 Å². The number of ether oxygens (including phenoxy) is 3. The van der Waals surface area contributed by atoms with E-state index in [0.29, 0.717) is 19.3 Å². The Labute approximate surface area is 390 Å². The van der Waals surface area contributed by atoms with Crippen LogP contribution in [0.3, 0.4) is 0 Å². The monoisotopic (exact) mass is 883 g/mol. The molecule has 0 bridgehead atoms. The van der Waals surface area contributed by atoms with Gasteiger partial charge in [0, 0.05) is 19.3 Å². The molecule has 0 N–H and O–H groups in total. The van der Waals surface area contributed by atoms with Gasteiger partial charge in [0.15, 0.2) is 6.10 Å². The lowest BCUT2D eigenvalue weighted by Gasteiger charge is -2.18. The van der Waals surface area contributed by atoms with E-state index in [1.807, 2.05) is 0 Å². The molecule has 0 aliphatic rings. The normalized spacial score (nSPS) is 12.4. The molecule has 0 aliphatic heterocycles. The number of unbranched alkanes of at least 4 members (excludes halogenated alkanes) is 30. The van der Waals surface area contributed by atoms with Crippen LogP contribution in [-0.4, -0.2) is 37.2 Å². The van der Waals surface area contributed by atoms with Gasteiger partial charge < -0.3 is 14.2 Å². The molecule has 0 fully saturated rings. The summed E-state index contributed by atoms with van der Waals surface area (Å²) in [6.07, 6.45) is 62.3. The molecule has 366 valence electrons. The summed E-state index contributed by atoms with van der Waals surface area (Å²) < 4.78 is 16.8. The van der Waals surface area contributed by atoms with E-state index in [2.05, 4.69) is 69.4 Å². The average molecular weight is 883 g/mol. The highest BCUT2D eigenvalue weighted by Crippen LogP contribution is 2.15. The van der Waals surface area contributed by atoms with Gasteiger partial charge in [-0.15, -0.1) is 0 Å². The van der Waals surface area contributed by atoms with Gasteiger partial charge in [0.1, 0.15) is 13.2 Å². The molecule has 0 aromatic rings. The molecule has 0 rings (SSSR count). The molecular weight excluding hydrogens is 781 g/mol. The molecule has 0 saturated carbocycles. The van der Waals surface area contributed by atoms with Crippen molar-refractivity contribution >= 4 is 17.9 Å². The second-order valence-electron chi connectivity index (χ2n) is 18.1. The van der Waals surface area contributed by atoms with Crippen molar-refractivity contribution in [2.45, 2.75) is 284 Å². The van der Waals surface area contributed by atoms with Crippen molar-refractivity contribution in [2.24, 2.45) is 0 Å². The van der Waals surface area contributed by atoms with Crippen LogP contribution in [0.2, 0.25) is 0 Å². The third kappa shape index (κ3) is 50.2. The highest BCUT2D eigenvalue weighted by atomic mass is 16.6. The molecule has 6 heteroatoms. The third-order valence-electron chi connectivity index (χ3n) is 11.8. The Morgan fingerprint density at radius 3 is 0.921 bits per heavy atom. The zero-order chi connectivity index (χ0) is 45.8. The van der Waals surface area contributed by atoms with E-state index in [1.54, 1.807) is 0 Å². The smallest absolute Gasteiger partial charge is 0.306 e. The van der Waals surface area contributed by atoms with Crippen molar-refractivity contribution in [2.75, 3.05) is 13.2 Å². The Hall–Kier alpha value is -2.63. The van der Waals surface area contributed by atoms with Gasteiger partial charge in [-0.2, -0.15) is 0 Å². The van der Waals surface area contributed by atoms with Crippen molar-refractivity contribution in [1.29, 1.82) is 0 Å². The van der Waals surface area contributed by atoms with Gasteiger partial charge in [-0.1, -0.05) is 204 Å². The van der Waals surface area contributed by atoms with Crippen LogP contribution >= 0.6 is 0 Å². The number of hydrogen-bond donors (Lipinski definition) is 0. The van der Waals surface area contributed by atoms with E-state index >= 15 is 0 Å². The van der Waals surface area contributed by atoms with Crippen molar-refractivity contribution in [3.8, 4) is 0 Å². The molecule has 0 radical (unpaired) electrons. The predicted octanol–water partition coefficient (Wildman–Crippen LogP) is 17.9. The zero-order valence-corrected chi connectivity index (χ0v) is 41.8. The largest absolute Gasteiger partial charge is 0.462 e. The van der Waals surface area contributed by atoms with E-state index in [-0.39, 0.29) is 31.1 Å². The van der Waals surface area contributed by atoms with Gasteiger partial charge in [-0.3, -0.25) is 14.4 Å². The number of esters is 3. The van der Waals surface area contributed by atoms with Crippen LogP contribution in [0.4, 0.5) is 0 Å². The molecule has 0 aromatic carbocycles. The summed E-state index contributed by atoms with van der Waals surface area (Å²) in [4.78, 5) is 38.0. The first-order chi connectivity index (χ1) is 31.0.